The van der Waals surface area contributed by atoms with Gasteiger partial charge in [0.05, 0.1) is 13.7 Å². The van der Waals surface area contributed by atoms with Crippen LogP contribution in [0, 0.1) is 0 Å². The molecule has 0 spiro atoms. The highest BCUT2D eigenvalue weighted by Crippen LogP contribution is 2.30. The van der Waals surface area contributed by atoms with E-state index in [2.05, 4.69) is 5.32 Å². The molecule has 1 heterocycles. The standard InChI is InChI=1S/C20H31NO5/c1-16(22)21-17-10-11-18(19(15-17)23-2)24-12-6-3-4-7-13-25-20-9-5-8-14-26-20/h10-11,15,20H,3-9,12-14H2,1-2H3,(H,21,22). The summed E-state index contributed by atoms with van der Waals surface area (Å²) in [6, 6.07) is 5.40. The Balaban J connectivity index is 1.56. The van der Waals surface area contributed by atoms with Crippen LogP contribution in [0.2, 0.25) is 0 Å². The number of methoxy groups -OCH3 is 1. The number of rotatable bonds is 11. The molecule has 2 rings (SSSR count). The zero-order valence-electron chi connectivity index (χ0n) is 15.9. The molecular formula is C20H31NO5. The summed E-state index contributed by atoms with van der Waals surface area (Å²) in [5.41, 5.74) is 0.698. The maximum Gasteiger partial charge on any atom is 0.221 e. The minimum absolute atomic E-state index is 0.0139. The van der Waals surface area contributed by atoms with Crippen LogP contribution in [0.1, 0.15) is 51.9 Å². The van der Waals surface area contributed by atoms with Crippen molar-refractivity contribution >= 4 is 11.6 Å². The lowest BCUT2D eigenvalue weighted by molar-refractivity contribution is -0.162. The summed E-state index contributed by atoms with van der Waals surface area (Å²) in [6.45, 7) is 3.72. The number of ether oxygens (including phenoxy) is 4. The van der Waals surface area contributed by atoms with Crippen LogP contribution in [0.4, 0.5) is 5.69 Å². The minimum atomic E-state index is -0.111. The second-order valence-corrected chi connectivity index (χ2v) is 6.48. The zero-order chi connectivity index (χ0) is 18.6. The number of unbranched alkanes of at least 4 members (excludes halogenated alkanes) is 3. The van der Waals surface area contributed by atoms with Gasteiger partial charge in [-0.1, -0.05) is 6.42 Å². The molecule has 146 valence electrons. The molecule has 1 fully saturated rings. The van der Waals surface area contributed by atoms with Crippen molar-refractivity contribution in [3.05, 3.63) is 18.2 Å². The molecule has 1 N–H and O–H groups in total. The molecule has 0 aliphatic carbocycles. The zero-order valence-corrected chi connectivity index (χ0v) is 15.9. The van der Waals surface area contributed by atoms with Crippen LogP contribution in [0.25, 0.3) is 0 Å². The first kappa shape index (κ1) is 20.5. The van der Waals surface area contributed by atoms with Crippen LogP contribution in [-0.4, -0.2) is 39.1 Å². The molecule has 0 bridgehead atoms. The van der Waals surface area contributed by atoms with Crippen LogP contribution in [0.3, 0.4) is 0 Å². The van der Waals surface area contributed by atoms with Gasteiger partial charge >= 0.3 is 0 Å². The van der Waals surface area contributed by atoms with E-state index >= 15 is 0 Å². The van der Waals surface area contributed by atoms with Gasteiger partial charge in [0.15, 0.2) is 17.8 Å². The largest absolute Gasteiger partial charge is 0.493 e. The molecule has 0 aromatic heterocycles. The van der Waals surface area contributed by atoms with Crippen LogP contribution >= 0.6 is 0 Å². The third kappa shape index (κ3) is 7.62. The van der Waals surface area contributed by atoms with E-state index in [-0.39, 0.29) is 12.2 Å². The fourth-order valence-electron chi connectivity index (χ4n) is 2.87. The number of anilines is 1. The van der Waals surface area contributed by atoms with E-state index in [0.717, 1.165) is 51.7 Å². The Kier molecular flexibility index (Phi) is 9.28. The van der Waals surface area contributed by atoms with Crippen molar-refractivity contribution in [3.8, 4) is 11.5 Å². The van der Waals surface area contributed by atoms with Gasteiger partial charge in [0, 0.05) is 31.9 Å². The van der Waals surface area contributed by atoms with Gasteiger partial charge in [-0.3, -0.25) is 4.79 Å². The monoisotopic (exact) mass is 365 g/mol. The lowest BCUT2D eigenvalue weighted by Gasteiger charge is -2.22. The van der Waals surface area contributed by atoms with Gasteiger partial charge in [-0.05, 0) is 50.7 Å². The molecular weight excluding hydrogens is 334 g/mol. The first-order valence-electron chi connectivity index (χ1n) is 9.50. The molecule has 1 aromatic rings. The first-order valence-corrected chi connectivity index (χ1v) is 9.50. The predicted molar refractivity (Wildman–Crippen MR) is 101 cm³/mol. The highest BCUT2D eigenvalue weighted by molar-refractivity contribution is 5.89. The first-order chi connectivity index (χ1) is 12.7. The van der Waals surface area contributed by atoms with Crippen molar-refractivity contribution in [3.63, 3.8) is 0 Å². The molecule has 1 aromatic carbocycles. The van der Waals surface area contributed by atoms with Crippen LogP contribution in [0.15, 0.2) is 18.2 Å². The lowest BCUT2D eigenvalue weighted by atomic mass is 10.2. The molecule has 6 heteroatoms. The molecule has 1 aliphatic heterocycles. The molecule has 6 nitrogen and oxygen atoms in total. The van der Waals surface area contributed by atoms with E-state index in [1.165, 1.54) is 13.3 Å². The summed E-state index contributed by atoms with van der Waals surface area (Å²) in [4.78, 5) is 11.1. The van der Waals surface area contributed by atoms with E-state index in [1.54, 1.807) is 13.2 Å². The third-order valence-electron chi connectivity index (χ3n) is 4.22. The van der Waals surface area contributed by atoms with Gasteiger partial charge in [-0.15, -0.1) is 0 Å². The Morgan fingerprint density at radius 2 is 1.96 bits per heavy atom. The topological polar surface area (TPSA) is 66.0 Å². The molecule has 0 saturated carbocycles. The molecule has 1 atom stereocenters. The predicted octanol–water partition coefficient (Wildman–Crippen LogP) is 4.14. The van der Waals surface area contributed by atoms with Crippen LogP contribution in [0.5, 0.6) is 11.5 Å². The second-order valence-electron chi connectivity index (χ2n) is 6.48. The van der Waals surface area contributed by atoms with Crippen LogP contribution < -0.4 is 14.8 Å². The van der Waals surface area contributed by atoms with Crippen molar-refractivity contribution in [2.45, 2.75) is 58.2 Å². The Morgan fingerprint density at radius 1 is 1.15 bits per heavy atom. The number of benzene rings is 1. The molecule has 1 unspecified atom stereocenters. The summed E-state index contributed by atoms with van der Waals surface area (Å²) in [5, 5.41) is 2.73. The maximum absolute atomic E-state index is 11.1. The maximum atomic E-state index is 11.1. The Labute approximate surface area is 156 Å². The molecule has 26 heavy (non-hydrogen) atoms. The minimum Gasteiger partial charge on any atom is -0.493 e. The highest BCUT2D eigenvalue weighted by atomic mass is 16.7. The second kappa shape index (κ2) is 11.8. The molecule has 1 saturated heterocycles. The summed E-state index contributed by atoms with van der Waals surface area (Å²) in [6.07, 6.45) is 7.65. The van der Waals surface area contributed by atoms with Gasteiger partial charge in [0.1, 0.15) is 0 Å². The number of nitrogens with one attached hydrogen (secondary N) is 1. The van der Waals surface area contributed by atoms with E-state index in [0.29, 0.717) is 23.8 Å². The number of carbonyl (C=O) groups excluding carboxylic acids is 1. The fourth-order valence-corrected chi connectivity index (χ4v) is 2.87. The Morgan fingerprint density at radius 3 is 2.65 bits per heavy atom. The van der Waals surface area contributed by atoms with Crippen molar-refractivity contribution in [2.75, 3.05) is 32.2 Å². The van der Waals surface area contributed by atoms with Gasteiger partial charge in [-0.2, -0.15) is 0 Å². The normalized spacial score (nSPS) is 16.9. The number of amides is 1. The van der Waals surface area contributed by atoms with E-state index in [1.807, 2.05) is 12.1 Å². The summed E-state index contributed by atoms with van der Waals surface area (Å²) in [5.74, 6) is 1.20. The van der Waals surface area contributed by atoms with Gasteiger partial charge in [0.2, 0.25) is 5.91 Å². The summed E-state index contributed by atoms with van der Waals surface area (Å²) < 4.78 is 22.4. The number of hydrogen-bond donors (Lipinski definition) is 1. The van der Waals surface area contributed by atoms with Gasteiger partial charge < -0.3 is 24.3 Å². The molecule has 0 radical (unpaired) electrons. The van der Waals surface area contributed by atoms with Crippen LogP contribution in [-0.2, 0) is 14.3 Å². The average Bonchev–Trinajstić information content (AvgIpc) is 2.65. The number of hydrogen-bond acceptors (Lipinski definition) is 5. The van der Waals surface area contributed by atoms with E-state index in [9.17, 15) is 4.79 Å². The molecule has 1 amide bonds. The van der Waals surface area contributed by atoms with Crippen molar-refractivity contribution < 1.29 is 23.7 Å². The van der Waals surface area contributed by atoms with Gasteiger partial charge in [-0.25, -0.2) is 0 Å². The van der Waals surface area contributed by atoms with E-state index in [4.69, 9.17) is 18.9 Å². The summed E-state index contributed by atoms with van der Waals surface area (Å²) in [7, 11) is 1.59. The lowest BCUT2D eigenvalue weighted by Crippen LogP contribution is -2.22. The Hall–Kier alpha value is -1.79. The SMILES string of the molecule is COc1cc(NC(C)=O)ccc1OCCCCCCOC1CCCCO1. The third-order valence-corrected chi connectivity index (χ3v) is 4.22. The number of carbonyl (C=O) groups is 1. The van der Waals surface area contributed by atoms with Crippen molar-refractivity contribution in [1.82, 2.24) is 0 Å². The Bertz CT molecular complexity index is 543. The van der Waals surface area contributed by atoms with E-state index < -0.39 is 0 Å². The average molecular weight is 365 g/mol. The highest BCUT2D eigenvalue weighted by Gasteiger charge is 2.13. The quantitative estimate of drug-likeness (QED) is 0.597. The fraction of sp³-hybridized carbons (Fsp3) is 0.650. The van der Waals surface area contributed by atoms with Crippen molar-refractivity contribution in [1.29, 1.82) is 0 Å². The smallest absolute Gasteiger partial charge is 0.221 e. The molecule has 1 aliphatic rings. The van der Waals surface area contributed by atoms with Gasteiger partial charge in [0.25, 0.3) is 0 Å². The summed E-state index contributed by atoms with van der Waals surface area (Å²) >= 11 is 0. The van der Waals surface area contributed by atoms with Crippen molar-refractivity contribution in [2.24, 2.45) is 0 Å².